The number of rotatable bonds is 2. The molecule has 1 heterocycles. The molecule has 3 aromatic carbocycles. The molecule has 112 valence electrons. The molecule has 1 heteroatoms. The average Bonchev–Trinajstić information content (AvgIpc) is 2.95. The Hall–Kier alpha value is -2.38. The largest absolute Gasteiger partial charge is 0.135 e. The van der Waals surface area contributed by atoms with Crippen molar-refractivity contribution in [3.05, 3.63) is 83.9 Å². The molecule has 0 bridgehead atoms. The Kier molecular flexibility index (Phi) is 3.51. The van der Waals surface area contributed by atoms with Crippen LogP contribution in [-0.4, -0.2) is 0 Å². The molecule has 0 fully saturated rings. The first-order valence-corrected chi connectivity index (χ1v) is 8.69. The van der Waals surface area contributed by atoms with Crippen LogP contribution in [0.4, 0.5) is 0 Å². The molecule has 0 amide bonds. The molecule has 0 unspecified atom stereocenters. The SMILES string of the molecule is Cc1ccc(-c2c(-c3ccccc3)sc3cc(C)ccc23)cc1. The van der Waals surface area contributed by atoms with E-state index < -0.39 is 0 Å². The fourth-order valence-electron chi connectivity index (χ4n) is 3.00. The summed E-state index contributed by atoms with van der Waals surface area (Å²) in [6.07, 6.45) is 0. The molecule has 4 rings (SSSR count). The van der Waals surface area contributed by atoms with E-state index in [1.165, 1.54) is 42.8 Å². The first kappa shape index (κ1) is 14.2. The van der Waals surface area contributed by atoms with Gasteiger partial charge in [0.2, 0.25) is 0 Å². The standard InChI is InChI=1S/C22H18S/c1-15-8-11-17(12-9-15)21-19-13-10-16(2)14-20(19)23-22(21)18-6-4-3-5-7-18/h3-14H,1-2H3. The van der Waals surface area contributed by atoms with Gasteiger partial charge in [-0.25, -0.2) is 0 Å². The molecule has 0 aliphatic carbocycles. The van der Waals surface area contributed by atoms with Crippen LogP contribution in [0.3, 0.4) is 0 Å². The van der Waals surface area contributed by atoms with Crippen LogP contribution in [0, 0.1) is 13.8 Å². The summed E-state index contributed by atoms with van der Waals surface area (Å²) in [5.41, 5.74) is 6.56. The van der Waals surface area contributed by atoms with E-state index in [-0.39, 0.29) is 0 Å². The predicted octanol–water partition coefficient (Wildman–Crippen LogP) is 6.85. The lowest BCUT2D eigenvalue weighted by molar-refractivity contribution is 1.47. The molecule has 1 aromatic heterocycles. The molecule has 0 saturated heterocycles. The summed E-state index contributed by atoms with van der Waals surface area (Å²) in [5.74, 6) is 0. The van der Waals surface area contributed by atoms with Crippen LogP contribution in [0.2, 0.25) is 0 Å². The Balaban J connectivity index is 2.05. The summed E-state index contributed by atoms with van der Waals surface area (Å²) in [6, 6.07) is 26.4. The molecule has 0 nitrogen and oxygen atoms in total. The third kappa shape index (κ3) is 2.58. The summed E-state index contributed by atoms with van der Waals surface area (Å²) in [4.78, 5) is 1.36. The molecule has 0 aliphatic heterocycles. The quantitative estimate of drug-likeness (QED) is 0.379. The lowest BCUT2D eigenvalue weighted by Gasteiger charge is -2.06. The van der Waals surface area contributed by atoms with Crippen molar-refractivity contribution in [2.75, 3.05) is 0 Å². The number of hydrogen-bond acceptors (Lipinski definition) is 1. The summed E-state index contributed by atoms with van der Waals surface area (Å²) >= 11 is 1.89. The van der Waals surface area contributed by atoms with E-state index in [0.29, 0.717) is 0 Å². The van der Waals surface area contributed by atoms with E-state index in [0.717, 1.165) is 0 Å². The van der Waals surface area contributed by atoms with Gasteiger partial charge in [-0.1, -0.05) is 72.3 Å². The highest BCUT2D eigenvalue weighted by atomic mass is 32.1. The highest BCUT2D eigenvalue weighted by molar-refractivity contribution is 7.23. The molecule has 0 aliphatic rings. The zero-order valence-corrected chi connectivity index (χ0v) is 14.2. The second-order valence-electron chi connectivity index (χ2n) is 6.04. The van der Waals surface area contributed by atoms with Crippen LogP contribution in [0.15, 0.2) is 72.8 Å². The first-order valence-electron chi connectivity index (χ1n) is 7.88. The smallest absolute Gasteiger partial charge is 0.0433 e. The molecule has 0 spiro atoms. The molecule has 0 N–H and O–H groups in total. The normalized spacial score (nSPS) is 11.0. The predicted molar refractivity (Wildman–Crippen MR) is 102 cm³/mol. The van der Waals surface area contributed by atoms with Crippen LogP contribution in [0.25, 0.3) is 31.7 Å². The van der Waals surface area contributed by atoms with Gasteiger partial charge < -0.3 is 0 Å². The highest BCUT2D eigenvalue weighted by Gasteiger charge is 2.15. The van der Waals surface area contributed by atoms with Gasteiger partial charge in [0.15, 0.2) is 0 Å². The lowest BCUT2D eigenvalue weighted by atomic mass is 9.98. The van der Waals surface area contributed by atoms with Gasteiger partial charge in [0.25, 0.3) is 0 Å². The third-order valence-corrected chi connectivity index (χ3v) is 5.42. The summed E-state index contributed by atoms with van der Waals surface area (Å²) < 4.78 is 1.36. The molecular formula is C22H18S. The zero-order valence-electron chi connectivity index (χ0n) is 13.3. The van der Waals surface area contributed by atoms with Crippen molar-refractivity contribution >= 4 is 21.4 Å². The van der Waals surface area contributed by atoms with Crippen molar-refractivity contribution in [1.82, 2.24) is 0 Å². The van der Waals surface area contributed by atoms with Gasteiger partial charge in [-0.3, -0.25) is 0 Å². The Morgan fingerprint density at radius 2 is 1.35 bits per heavy atom. The Bertz CT molecular complexity index is 960. The molecule has 0 atom stereocenters. The molecule has 0 radical (unpaired) electrons. The minimum absolute atomic E-state index is 1.29. The van der Waals surface area contributed by atoms with E-state index in [1.54, 1.807) is 0 Å². The lowest BCUT2D eigenvalue weighted by Crippen LogP contribution is -1.81. The second kappa shape index (κ2) is 5.68. The van der Waals surface area contributed by atoms with Crippen LogP contribution < -0.4 is 0 Å². The monoisotopic (exact) mass is 314 g/mol. The maximum Gasteiger partial charge on any atom is 0.0433 e. The van der Waals surface area contributed by atoms with Gasteiger partial charge in [-0.05, 0) is 36.6 Å². The zero-order chi connectivity index (χ0) is 15.8. The first-order chi connectivity index (χ1) is 11.2. The number of hydrogen-bond donors (Lipinski definition) is 0. The second-order valence-corrected chi connectivity index (χ2v) is 7.09. The number of benzene rings is 3. The Morgan fingerprint density at radius 1 is 0.652 bits per heavy atom. The van der Waals surface area contributed by atoms with Gasteiger partial charge in [-0.15, -0.1) is 11.3 Å². The topological polar surface area (TPSA) is 0 Å². The van der Waals surface area contributed by atoms with Crippen molar-refractivity contribution in [2.24, 2.45) is 0 Å². The molecule has 0 saturated carbocycles. The maximum atomic E-state index is 2.30. The molecular weight excluding hydrogens is 296 g/mol. The maximum absolute atomic E-state index is 2.30. The molecule has 23 heavy (non-hydrogen) atoms. The Labute approximate surface area is 141 Å². The summed E-state index contributed by atoms with van der Waals surface area (Å²) in [7, 11) is 0. The van der Waals surface area contributed by atoms with Gasteiger partial charge in [0.05, 0.1) is 0 Å². The Morgan fingerprint density at radius 3 is 2.09 bits per heavy atom. The summed E-state index contributed by atoms with van der Waals surface area (Å²) in [5, 5.41) is 1.35. The van der Waals surface area contributed by atoms with Crippen LogP contribution in [0.5, 0.6) is 0 Å². The minimum atomic E-state index is 1.29. The molecule has 4 aromatic rings. The van der Waals surface area contributed by atoms with Crippen molar-refractivity contribution in [3.8, 4) is 21.6 Å². The van der Waals surface area contributed by atoms with Crippen molar-refractivity contribution < 1.29 is 0 Å². The minimum Gasteiger partial charge on any atom is -0.135 e. The van der Waals surface area contributed by atoms with Crippen molar-refractivity contribution in [1.29, 1.82) is 0 Å². The van der Waals surface area contributed by atoms with E-state index in [1.807, 2.05) is 11.3 Å². The van der Waals surface area contributed by atoms with E-state index in [2.05, 4.69) is 86.6 Å². The van der Waals surface area contributed by atoms with E-state index >= 15 is 0 Å². The van der Waals surface area contributed by atoms with Gasteiger partial charge in [-0.2, -0.15) is 0 Å². The van der Waals surface area contributed by atoms with E-state index in [4.69, 9.17) is 0 Å². The van der Waals surface area contributed by atoms with Gasteiger partial charge >= 0.3 is 0 Å². The van der Waals surface area contributed by atoms with Crippen LogP contribution in [0.1, 0.15) is 11.1 Å². The highest BCUT2D eigenvalue weighted by Crippen LogP contribution is 2.44. The van der Waals surface area contributed by atoms with Crippen LogP contribution in [-0.2, 0) is 0 Å². The third-order valence-electron chi connectivity index (χ3n) is 4.22. The van der Waals surface area contributed by atoms with Gasteiger partial charge in [0, 0.05) is 20.5 Å². The van der Waals surface area contributed by atoms with Crippen molar-refractivity contribution in [2.45, 2.75) is 13.8 Å². The van der Waals surface area contributed by atoms with Crippen LogP contribution >= 0.6 is 11.3 Å². The number of aryl methyl sites for hydroxylation is 2. The van der Waals surface area contributed by atoms with Crippen molar-refractivity contribution in [3.63, 3.8) is 0 Å². The fraction of sp³-hybridized carbons (Fsp3) is 0.0909. The van der Waals surface area contributed by atoms with Gasteiger partial charge in [0.1, 0.15) is 0 Å². The number of thiophene rings is 1. The fourth-order valence-corrected chi connectivity index (χ4v) is 4.33. The summed E-state index contributed by atoms with van der Waals surface area (Å²) in [6.45, 7) is 4.30. The average molecular weight is 314 g/mol. The number of fused-ring (bicyclic) bond motifs is 1. The van der Waals surface area contributed by atoms with E-state index in [9.17, 15) is 0 Å².